The van der Waals surface area contributed by atoms with Crippen molar-refractivity contribution < 1.29 is 27.5 Å². The molecule has 0 saturated heterocycles. The number of nitrogens with one attached hydrogen (secondary N) is 2. The first-order valence-corrected chi connectivity index (χ1v) is 9.89. The van der Waals surface area contributed by atoms with Gasteiger partial charge < -0.3 is 15.7 Å². The number of hydrogen-bond acceptors (Lipinski definition) is 4. The van der Waals surface area contributed by atoms with Crippen molar-refractivity contribution in [2.24, 2.45) is 0 Å². The van der Waals surface area contributed by atoms with E-state index in [9.17, 15) is 27.5 Å². The molecular weight excluding hydrogens is 428 g/mol. The second kappa shape index (κ2) is 8.27. The highest BCUT2D eigenvalue weighted by Gasteiger charge is 2.46. The number of fused-ring (bicyclic) bond motifs is 1. The Morgan fingerprint density at radius 3 is 2.59 bits per heavy atom. The van der Waals surface area contributed by atoms with E-state index in [0.29, 0.717) is 16.8 Å². The Bertz CT molecular complexity index is 1130. The molecule has 10 heteroatoms. The molecule has 2 heterocycles. The monoisotopic (exact) mass is 448 g/mol. The maximum absolute atomic E-state index is 13.8. The van der Waals surface area contributed by atoms with Gasteiger partial charge in [-0.15, -0.1) is 0 Å². The Hall–Kier alpha value is -3.40. The first-order chi connectivity index (χ1) is 15.1. The van der Waals surface area contributed by atoms with E-state index in [1.165, 1.54) is 30.3 Å². The molecule has 1 aliphatic rings. The van der Waals surface area contributed by atoms with E-state index in [2.05, 4.69) is 15.7 Å². The van der Waals surface area contributed by atoms with Gasteiger partial charge in [-0.25, -0.2) is 9.07 Å². The Kier molecular flexibility index (Phi) is 5.64. The average molecular weight is 448 g/mol. The lowest BCUT2D eigenvalue weighted by Gasteiger charge is -2.33. The lowest BCUT2D eigenvalue weighted by atomic mass is 9.97. The van der Waals surface area contributed by atoms with Crippen LogP contribution in [0.1, 0.15) is 53.1 Å². The van der Waals surface area contributed by atoms with Crippen LogP contribution in [0.25, 0.3) is 0 Å². The zero-order valence-electron chi connectivity index (χ0n) is 16.9. The smallest absolute Gasteiger partial charge is 0.389 e. The van der Waals surface area contributed by atoms with E-state index >= 15 is 0 Å². The molecule has 1 aliphatic heterocycles. The highest BCUT2D eigenvalue weighted by Crippen LogP contribution is 2.43. The summed E-state index contributed by atoms with van der Waals surface area (Å²) in [6, 6.07) is 10.3. The van der Waals surface area contributed by atoms with Gasteiger partial charge in [-0.1, -0.05) is 24.3 Å². The third-order valence-corrected chi connectivity index (χ3v) is 5.32. The molecule has 0 radical (unpaired) electrons. The van der Waals surface area contributed by atoms with E-state index in [-0.39, 0.29) is 17.9 Å². The van der Waals surface area contributed by atoms with Gasteiger partial charge in [0.1, 0.15) is 11.6 Å². The summed E-state index contributed by atoms with van der Waals surface area (Å²) in [5, 5.41) is 19.1. The van der Waals surface area contributed by atoms with Crippen molar-refractivity contribution in [3.63, 3.8) is 0 Å². The van der Waals surface area contributed by atoms with Gasteiger partial charge in [0.15, 0.2) is 11.7 Å². The van der Waals surface area contributed by atoms with Gasteiger partial charge in [0.05, 0.1) is 12.1 Å². The highest BCUT2D eigenvalue weighted by atomic mass is 19.4. The number of hydrogen-bond donors (Lipinski definition) is 3. The number of carbonyl (C=O) groups is 1. The molecule has 0 saturated carbocycles. The molecule has 0 bridgehead atoms. The standard InChI is InChI=1S/C22H20F4N4O2/c1-12(31)14-3-2-4-16(9-14)27-21(32)18-11-20-28-17(13-5-7-15(23)8-6-13)10-19(22(24,25)26)30(20)29-18/h2-9,11-12,17,19,28,31H,10H2,1H3,(H,27,32)/t12-,17+,19-/m0/s1. The fourth-order valence-electron chi connectivity index (χ4n) is 3.67. The molecule has 32 heavy (non-hydrogen) atoms. The molecule has 6 nitrogen and oxygen atoms in total. The molecule has 2 aromatic carbocycles. The largest absolute Gasteiger partial charge is 0.410 e. The predicted molar refractivity (Wildman–Crippen MR) is 110 cm³/mol. The van der Waals surface area contributed by atoms with Crippen LogP contribution in [-0.4, -0.2) is 27.0 Å². The third-order valence-electron chi connectivity index (χ3n) is 5.32. The van der Waals surface area contributed by atoms with Crippen LogP contribution in [0.2, 0.25) is 0 Å². The van der Waals surface area contributed by atoms with E-state index < -0.39 is 36.1 Å². The van der Waals surface area contributed by atoms with Crippen LogP contribution in [-0.2, 0) is 0 Å². The van der Waals surface area contributed by atoms with E-state index in [0.717, 1.165) is 4.68 Å². The number of alkyl halides is 3. The highest BCUT2D eigenvalue weighted by molar-refractivity contribution is 6.03. The number of aliphatic hydroxyl groups excluding tert-OH is 1. The topological polar surface area (TPSA) is 79.2 Å². The zero-order valence-corrected chi connectivity index (χ0v) is 16.9. The minimum atomic E-state index is -4.60. The van der Waals surface area contributed by atoms with Crippen molar-refractivity contribution >= 4 is 17.4 Å². The number of halogens is 4. The number of rotatable bonds is 4. The predicted octanol–water partition coefficient (Wildman–Crippen LogP) is 4.99. The van der Waals surface area contributed by atoms with Crippen molar-refractivity contribution in [2.45, 2.75) is 37.7 Å². The second-order valence-corrected chi connectivity index (χ2v) is 7.66. The summed E-state index contributed by atoms with van der Waals surface area (Å²) >= 11 is 0. The fraction of sp³-hybridized carbons (Fsp3) is 0.273. The maximum atomic E-state index is 13.8. The molecule has 1 amide bonds. The summed E-state index contributed by atoms with van der Waals surface area (Å²) in [6.45, 7) is 1.57. The van der Waals surface area contributed by atoms with Crippen LogP contribution in [0.15, 0.2) is 54.6 Å². The molecule has 1 aromatic heterocycles. The van der Waals surface area contributed by atoms with Crippen LogP contribution in [0.4, 0.5) is 29.1 Å². The molecule has 0 fully saturated rings. The van der Waals surface area contributed by atoms with E-state index in [4.69, 9.17) is 0 Å². The first-order valence-electron chi connectivity index (χ1n) is 9.89. The number of benzene rings is 2. The Morgan fingerprint density at radius 2 is 1.94 bits per heavy atom. The number of aromatic nitrogens is 2. The van der Waals surface area contributed by atoms with E-state index in [1.54, 1.807) is 31.2 Å². The van der Waals surface area contributed by atoms with Gasteiger partial charge in [0.2, 0.25) is 0 Å². The number of carbonyl (C=O) groups excluding carboxylic acids is 1. The fourth-order valence-corrected chi connectivity index (χ4v) is 3.67. The summed E-state index contributed by atoms with van der Waals surface area (Å²) in [5.74, 6) is -1.13. The lowest BCUT2D eigenvalue weighted by molar-refractivity contribution is -0.173. The quantitative estimate of drug-likeness (QED) is 0.492. The molecule has 4 rings (SSSR count). The minimum absolute atomic E-state index is 0.0378. The normalized spacial score (nSPS) is 19.1. The summed E-state index contributed by atoms with van der Waals surface area (Å²) in [7, 11) is 0. The Morgan fingerprint density at radius 1 is 1.22 bits per heavy atom. The van der Waals surface area contributed by atoms with Crippen LogP contribution >= 0.6 is 0 Å². The number of aliphatic hydroxyl groups is 1. The lowest BCUT2D eigenvalue weighted by Crippen LogP contribution is -2.35. The third kappa shape index (κ3) is 4.45. The van der Waals surface area contributed by atoms with Crippen molar-refractivity contribution in [1.82, 2.24) is 9.78 Å². The van der Waals surface area contributed by atoms with E-state index in [1.807, 2.05) is 0 Å². The van der Waals surface area contributed by atoms with Gasteiger partial charge in [-0.05, 0) is 42.3 Å². The number of anilines is 2. The molecule has 0 unspecified atom stereocenters. The van der Waals surface area contributed by atoms with Crippen LogP contribution in [0, 0.1) is 5.82 Å². The van der Waals surface area contributed by atoms with Gasteiger partial charge in [-0.2, -0.15) is 18.3 Å². The summed E-state index contributed by atoms with van der Waals surface area (Å²) in [5.41, 5.74) is 1.26. The maximum Gasteiger partial charge on any atom is 0.410 e. The minimum Gasteiger partial charge on any atom is -0.389 e. The summed E-state index contributed by atoms with van der Waals surface area (Å²) in [6.07, 6.45) is -5.70. The van der Waals surface area contributed by atoms with Gasteiger partial charge in [0, 0.05) is 18.2 Å². The first kappa shape index (κ1) is 21.8. The number of nitrogens with zero attached hydrogens (tertiary/aromatic N) is 2. The second-order valence-electron chi connectivity index (χ2n) is 7.66. The Balaban J connectivity index is 1.62. The van der Waals surface area contributed by atoms with Crippen molar-refractivity contribution in [3.05, 3.63) is 77.2 Å². The zero-order chi connectivity index (χ0) is 23.0. The molecule has 0 aliphatic carbocycles. The summed E-state index contributed by atoms with van der Waals surface area (Å²) in [4.78, 5) is 12.7. The molecule has 3 atom stereocenters. The SMILES string of the molecule is C[C@H](O)c1cccc(NC(=O)c2cc3n(n2)[C@H](C(F)(F)F)C[C@H](c2ccc(F)cc2)N3)c1. The molecule has 168 valence electrons. The van der Waals surface area contributed by atoms with Gasteiger partial charge >= 0.3 is 6.18 Å². The van der Waals surface area contributed by atoms with Gasteiger partial charge in [-0.3, -0.25) is 4.79 Å². The summed E-state index contributed by atoms with van der Waals surface area (Å²) < 4.78 is 55.3. The molecular formula is C22H20F4N4O2. The number of amides is 1. The van der Waals surface area contributed by atoms with Gasteiger partial charge in [0.25, 0.3) is 5.91 Å². The molecule has 3 aromatic rings. The molecule has 0 spiro atoms. The van der Waals surface area contributed by atoms with Crippen molar-refractivity contribution in [3.8, 4) is 0 Å². The van der Waals surface area contributed by atoms with Crippen LogP contribution in [0.5, 0.6) is 0 Å². The van der Waals surface area contributed by atoms with Crippen LogP contribution in [0.3, 0.4) is 0 Å². The van der Waals surface area contributed by atoms with Crippen molar-refractivity contribution in [2.75, 3.05) is 10.6 Å². The molecule has 3 N–H and O–H groups in total. The average Bonchev–Trinajstić information content (AvgIpc) is 3.17. The van der Waals surface area contributed by atoms with Crippen molar-refractivity contribution in [1.29, 1.82) is 0 Å². The Labute approximate surface area is 180 Å². The van der Waals surface area contributed by atoms with Crippen LogP contribution < -0.4 is 10.6 Å².